The van der Waals surface area contributed by atoms with E-state index in [1.54, 1.807) is 18.2 Å². The Labute approximate surface area is 324 Å². The van der Waals surface area contributed by atoms with Crippen molar-refractivity contribution >= 4 is 0 Å². The summed E-state index contributed by atoms with van der Waals surface area (Å²) >= 11 is 0. The number of aromatic hydroxyl groups is 6. The summed E-state index contributed by atoms with van der Waals surface area (Å²) in [5, 5.41) is 58.9. The van der Waals surface area contributed by atoms with Crippen molar-refractivity contribution in [2.45, 2.75) is 157 Å². The Morgan fingerprint density at radius 2 is 0.440 bits per heavy atom. The first-order valence-electron chi connectivity index (χ1n) is 16.8. The summed E-state index contributed by atoms with van der Waals surface area (Å²) in [6.45, 7) is 37.0. The molecule has 0 bridgehead atoms. The molecule has 0 amide bonds. The van der Waals surface area contributed by atoms with Crippen molar-refractivity contribution in [3.8, 4) is 34.5 Å². The van der Waals surface area contributed by atoms with Crippen molar-refractivity contribution in [2.75, 3.05) is 0 Å². The van der Waals surface area contributed by atoms with Gasteiger partial charge in [-0.25, -0.2) is 0 Å². The van der Waals surface area contributed by atoms with Crippen LogP contribution in [0.15, 0.2) is 36.4 Å². The molecule has 0 fully saturated rings. The van der Waals surface area contributed by atoms with Crippen LogP contribution in [-0.4, -0.2) is 30.6 Å². The van der Waals surface area contributed by atoms with Gasteiger partial charge in [0.15, 0.2) is 34.5 Å². The van der Waals surface area contributed by atoms with Crippen LogP contribution in [0.2, 0.25) is 0 Å². The third kappa shape index (κ3) is 13.6. The van der Waals surface area contributed by atoms with E-state index in [-0.39, 0.29) is 101 Å². The first-order valence-corrected chi connectivity index (χ1v) is 16.8. The molecule has 0 saturated carbocycles. The molecule has 0 atom stereocenters. The molecule has 0 spiro atoms. The summed E-state index contributed by atoms with van der Waals surface area (Å²) in [6.07, 6.45) is 0. The van der Waals surface area contributed by atoms with E-state index in [9.17, 15) is 30.6 Å². The predicted octanol–water partition coefficient (Wildman–Crippen LogP) is 11.1. The molecule has 6 nitrogen and oxygen atoms in total. The first-order chi connectivity index (χ1) is 21.1. The molecular weight excluding hydrogens is 712 g/mol. The molecule has 0 radical (unpaired) electrons. The van der Waals surface area contributed by atoms with Crippen molar-refractivity contribution in [3.05, 3.63) is 69.8 Å². The van der Waals surface area contributed by atoms with Gasteiger partial charge in [-0.3, -0.25) is 0 Å². The predicted molar refractivity (Wildman–Crippen MR) is 202 cm³/mol. The maximum Gasteiger partial charge on any atom is 0.161 e. The molecule has 0 aliphatic carbocycles. The van der Waals surface area contributed by atoms with Crippen LogP contribution in [0.3, 0.4) is 0 Å². The molecule has 3 aromatic carbocycles. The summed E-state index contributed by atoms with van der Waals surface area (Å²) in [5.74, 6) is -0.0893. The van der Waals surface area contributed by atoms with Crippen molar-refractivity contribution in [2.24, 2.45) is 0 Å². The molecule has 0 aliphatic rings. The third-order valence-corrected chi connectivity index (χ3v) is 8.29. The van der Waals surface area contributed by atoms with Gasteiger partial charge in [0.25, 0.3) is 0 Å². The number of phenolic OH excluding ortho intramolecular Hbond substituents is 6. The molecule has 6 N–H and O–H groups in total. The van der Waals surface area contributed by atoms with Crippen LogP contribution in [0.1, 0.15) is 158 Å². The fraction of sp³-hybridized carbons (Fsp3) is 0.571. The van der Waals surface area contributed by atoms with Crippen LogP contribution in [0.25, 0.3) is 0 Å². The Bertz CT molecular complexity index is 1380. The number of hydrogen-bond donors (Lipinski definition) is 6. The van der Waals surface area contributed by atoms with Gasteiger partial charge in [-0.1, -0.05) is 143 Å². The van der Waals surface area contributed by atoms with Crippen molar-refractivity contribution in [3.63, 3.8) is 0 Å². The van der Waals surface area contributed by atoms with Gasteiger partial charge in [0.1, 0.15) is 0 Å². The van der Waals surface area contributed by atoms with Crippen molar-refractivity contribution in [1.82, 2.24) is 0 Å². The average Bonchev–Trinajstić information content (AvgIpc) is 2.85. The second-order valence-corrected chi connectivity index (χ2v) is 19.2. The van der Waals surface area contributed by atoms with E-state index in [1.165, 1.54) is 0 Å². The van der Waals surface area contributed by atoms with Gasteiger partial charge < -0.3 is 30.6 Å². The van der Waals surface area contributed by atoms with Crippen LogP contribution in [-0.2, 0) is 66.6 Å². The zero-order chi connectivity index (χ0) is 38.2. The normalized spacial score (nSPS) is 12.4. The molecule has 3 rings (SSSR count). The minimum atomic E-state index is -0.178. The quantitative estimate of drug-likeness (QED) is 0.0998. The monoisotopic (exact) mass is 778 g/mol. The van der Waals surface area contributed by atoms with Crippen molar-refractivity contribution < 1.29 is 64.8 Å². The van der Waals surface area contributed by atoms with Gasteiger partial charge in [-0.05, 0) is 67.4 Å². The van der Waals surface area contributed by atoms with E-state index in [0.717, 1.165) is 33.4 Å². The van der Waals surface area contributed by atoms with Crippen molar-refractivity contribution in [1.29, 1.82) is 0 Å². The minimum absolute atomic E-state index is 0. The number of phenols is 6. The molecule has 3 aromatic rings. The van der Waals surface area contributed by atoms with Gasteiger partial charge in [-0.2, -0.15) is 0 Å². The SMILES string of the molecule is CC(C)(C)c1cc(O)c(O)c(C(C)(C)C)c1.CC(C)(C)c1cc(O)c(O)c(C(C)(C)C)c1.CC(C)(C)c1cc(O)c(O)c(C(C)(C)C)c1.[Fe].[Fe]. The number of rotatable bonds is 0. The van der Waals surface area contributed by atoms with Crippen LogP contribution in [0.5, 0.6) is 34.5 Å². The van der Waals surface area contributed by atoms with Gasteiger partial charge in [0.05, 0.1) is 0 Å². The van der Waals surface area contributed by atoms with Crippen LogP contribution < -0.4 is 0 Å². The molecule has 0 saturated heterocycles. The van der Waals surface area contributed by atoms with Crippen LogP contribution >= 0.6 is 0 Å². The largest absolute Gasteiger partial charge is 0.504 e. The molecule has 0 heterocycles. The van der Waals surface area contributed by atoms with Gasteiger partial charge in [0, 0.05) is 50.8 Å². The standard InChI is InChI=1S/3C14H22O2.2Fe/c3*1-13(2,3)9-7-10(14(4,5)6)12(16)11(15)8-9;;/h3*7-8,15-16H,1-6H3;;. The van der Waals surface area contributed by atoms with E-state index in [0.29, 0.717) is 0 Å². The molecule has 0 aromatic heterocycles. The Balaban J connectivity index is 0. The molecule has 286 valence electrons. The Hall–Kier alpha value is -2.50. The summed E-state index contributed by atoms with van der Waals surface area (Å²) in [7, 11) is 0. The van der Waals surface area contributed by atoms with Gasteiger partial charge >= 0.3 is 0 Å². The summed E-state index contributed by atoms with van der Waals surface area (Å²) in [5.41, 5.74) is 4.83. The fourth-order valence-corrected chi connectivity index (χ4v) is 4.87. The average molecular weight is 779 g/mol. The smallest absolute Gasteiger partial charge is 0.161 e. The van der Waals surface area contributed by atoms with Crippen LogP contribution in [0.4, 0.5) is 0 Å². The number of hydrogen-bond acceptors (Lipinski definition) is 6. The summed E-state index contributed by atoms with van der Waals surface area (Å²) < 4.78 is 0. The summed E-state index contributed by atoms with van der Waals surface area (Å²) in [4.78, 5) is 0. The fourth-order valence-electron chi connectivity index (χ4n) is 4.87. The second kappa shape index (κ2) is 16.9. The van der Waals surface area contributed by atoms with E-state index < -0.39 is 0 Å². The minimum Gasteiger partial charge on any atom is -0.504 e. The molecular formula is C42H66Fe2O6. The zero-order valence-corrected chi connectivity index (χ0v) is 36.1. The molecule has 8 heteroatoms. The first kappa shape index (κ1) is 49.6. The maximum atomic E-state index is 9.87. The Morgan fingerprint density at radius 1 is 0.280 bits per heavy atom. The molecule has 0 aliphatic heterocycles. The maximum absolute atomic E-state index is 9.87. The molecule has 50 heavy (non-hydrogen) atoms. The van der Waals surface area contributed by atoms with E-state index in [1.807, 2.05) is 80.5 Å². The molecule has 0 unspecified atom stereocenters. The van der Waals surface area contributed by atoms with E-state index in [2.05, 4.69) is 62.3 Å². The number of benzene rings is 3. The topological polar surface area (TPSA) is 121 Å². The Morgan fingerprint density at radius 3 is 0.560 bits per heavy atom. The van der Waals surface area contributed by atoms with E-state index >= 15 is 0 Å². The Kier molecular flexibility index (Phi) is 16.8. The van der Waals surface area contributed by atoms with E-state index in [4.69, 9.17) is 0 Å². The summed E-state index contributed by atoms with van der Waals surface area (Å²) in [6, 6.07) is 10.9. The van der Waals surface area contributed by atoms with Gasteiger partial charge in [-0.15, -0.1) is 0 Å². The van der Waals surface area contributed by atoms with Gasteiger partial charge in [0.2, 0.25) is 0 Å². The van der Waals surface area contributed by atoms with Crippen LogP contribution in [0, 0.1) is 0 Å². The zero-order valence-electron chi connectivity index (χ0n) is 33.9. The second-order valence-electron chi connectivity index (χ2n) is 19.2. The third-order valence-electron chi connectivity index (χ3n) is 8.29.